The second-order valence-electron chi connectivity index (χ2n) is 5.35. The van der Waals surface area contributed by atoms with E-state index in [0.717, 1.165) is 58.3 Å². The highest BCUT2D eigenvalue weighted by atomic mass is 35.5. The van der Waals surface area contributed by atoms with Crippen LogP contribution in [0.4, 0.5) is 0 Å². The third kappa shape index (κ3) is 4.41. The predicted octanol–water partition coefficient (Wildman–Crippen LogP) is 1.47. The van der Waals surface area contributed by atoms with Crippen molar-refractivity contribution in [1.82, 2.24) is 5.32 Å². The Morgan fingerprint density at radius 2 is 1.72 bits per heavy atom. The van der Waals surface area contributed by atoms with Gasteiger partial charge < -0.3 is 15.8 Å². The second-order valence-corrected chi connectivity index (χ2v) is 5.35. The maximum absolute atomic E-state index is 12.1. The van der Waals surface area contributed by atoms with E-state index in [4.69, 9.17) is 10.5 Å². The van der Waals surface area contributed by atoms with Gasteiger partial charge in [-0.25, -0.2) is 0 Å². The van der Waals surface area contributed by atoms with E-state index in [0.29, 0.717) is 12.0 Å². The lowest BCUT2D eigenvalue weighted by Crippen LogP contribution is -2.43. The summed E-state index contributed by atoms with van der Waals surface area (Å²) in [6.07, 6.45) is 6.17. The van der Waals surface area contributed by atoms with Crippen LogP contribution in [0, 0.1) is 11.8 Å². The molecule has 1 aliphatic carbocycles. The molecule has 1 heterocycles. The molecule has 0 radical (unpaired) electrons. The topological polar surface area (TPSA) is 64.4 Å². The summed E-state index contributed by atoms with van der Waals surface area (Å²) in [6, 6.07) is 0.337. The van der Waals surface area contributed by atoms with Crippen molar-refractivity contribution in [2.45, 2.75) is 44.6 Å². The van der Waals surface area contributed by atoms with Gasteiger partial charge in [0.15, 0.2) is 0 Å². The minimum absolute atomic E-state index is 0. The van der Waals surface area contributed by atoms with Gasteiger partial charge in [-0.1, -0.05) is 0 Å². The van der Waals surface area contributed by atoms with Crippen LogP contribution >= 0.6 is 12.4 Å². The molecule has 0 aromatic carbocycles. The monoisotopic (exact) mass is 276 g/mol. The maximum Gasteiger partial charge on any atom is 0.223 e. The molecule has 1 saturated carbocycles. The van der Waals surface area contributed by atoms with Gasteiger partial charge in [-0.2, -0.15) is 0 Å². The number of halogens is 1. The second kappa shape index (κ2) is 7.97. The first-order chi connectivity index (χ1) is 8.29. The van der Waals surface area contributed by atoms with E-state index in [9.17, 15) is 4.79 Å². The predicted molar refractivity (Wildman–Crippen MR) is 73.7 cm³/mol. The molecule has 1 aliphatic heterocycles. The molecule has 1 amide bonds. The fourth-order valence-corrected chi connectivity index (χ4v) is 2.82. The number of hydrogen-bond acceptors (Lipinski definition) is 3. The fourth-order valence-electron chi connectivity index (χ4n) is 2.82. The molecule has 2 fully saturated rings. The quantitative estimate of drug-likeness (QED) is 0.820. The van der Waals surface area contributed by atoms with Gasteiger partial charge in [0.2, 0.25) is 5.91 Å². The van der Waals surface area contributed by atoms with Crippen LogP contribution in [0.25, 0.3) is 0 Å². The lowest BCUT2D eigenvalue weighted by Gasteiger charge is -2.29. The van der Waals surface area contributed by atoms with Crippen molar-refractivity contribution in [3.8, 4) is 0 Å². The van der Waals surface area contributed by atoms with Gasteiger partial charge in [-0.05, 0) is 51.0 Å². The molecule has 1 saturated heterocycles. The van der Waals surface area contributed by atoms with Gasteiger partial charge in [0.05, 0.1) is 0 Å². The number of ether oxygens (including phenoxy) is 1. The molecule has 18 heavy (non-hydrogen) atoms. The van der Waals surface area contributed by atoms with Crippen LogP contribution in [-0.4, -0.2) is 31.7 Å². The molecule has 4 nitrogen and oxygen atoms in total. The molecule has 0 bridgehead atoms. The van der Waals surface area contributed by atoms with Gasteiger partial charge in [-0.15, -0.1) is 12.4 Å². The van der Waals surface area contributed by atoms with E-state index in [-0.39, 0.29) is 24.2 Å². The zero-order valence-electron chi connectivity index (χ0n) is 10.9. The number of rotatable bonds is 3. The molecule has 2 rings (SSSR count). The van der Waals surface area contributed by atoms with Crippen molar-refractivity contribution < 1.29 is 9.53 Å². The summed E-state index contributed by atoms with van der Waals surface area (Å²) in [4.78, 5) is 12.1. The Morgan fingerprint density at radius 1 is 1.11 bits per heavy atom. The summed E-state index contributed by atoms with van der Waals surface area (Å²) in [6.45, 7) is 2.34. The van der Waals surface area contributed by atoms with Gasteiger partial charge in [0.1, 0.15) is 0 Å². The molecule has 0 spiro atoms. The number of carbonyl (C=O) groups excluding carboxylic acids is 1. The van der Waals surface area contributed by atoms with Crippen molar-refractivity contribution in [3.63, 3.8) is 0 Å². The van der Waals surface area contributed by atoms with Crippen molar-refractivity contribution in [2.24, 2.45) is 17.6 Å². The lowest BCUT2D eigenvalue weighted by atomic mass is 9.81. The molecule has 0 aromatic rings. The van der Waals surface area contributed by atoms with Crippen molar-refractivity contribution >= 4 is 18.3 Å². The van der Waals surface area contributed by atoms with E-state index in [1.165, 1.54) is 0 Å². The first-order valence-corrected chi connectivity index (χ1v) is 6.87. The highest BCUT2D eigenvalue weighted by molar-refractivity contribution is 5.85. The molecule has 0 unspecified atom stereocenters. The maximum atomic E-state index is 12.1. The average Bonchev–Trinajstić information content (AvgIpc) is 2.40. The highest BCUT2D eigenvalue weighted by Crippen LogP contribution is 2.28. The van der Waals surface area contributed by atoms with Crippen molar-refractivity contribution in [2.75, 3.05) is 19.8 Å². The van der Waals surface area contributed by atoms with E-state index in [1.807, 2.05) is 0 Å². The summed E-state index contributed by atoms with van der Waals surface area (Å²) < 4.78 is 5.29. The SMILES string of the molecule is Cl.NCC1CCC(C(=O)NC2CCOCC2)CC1. The zero-order valence-corrected chi connectivity index (χ0v) is 11.7. The van der Waals surface area contributed by atoms with Gasteiger partial charge >= 0.3 is 0 Å². The summed E-state index contributed by atoms with van der Waals surface area (Å²) in [7, 11) is 0. The Balaban J connectivity index is 0.00000162. The van der Waals surface area contributed by atoms with Crippen LogP contribution in [0.5, 0.6) is 0 Å². The van der Waals surface area contributed by atoms with Crippen LogP contribution in [0.1, 0.15) is 38.5 Å². The van der Waals surface area contributed by atoms with Crippen molar-refractivity contribution in [1.29, 1.82) is 0 Å². The third-order valence-corrected chi connectivity index (χ3v) is 4.12. The largest absolute Gasteiger partial charge is 0.381 e. The van der Waals surface area contributed by atoms with Crippen LogP contribution < -0.4 is 11.1 Å². The Kier molecular flexibility index (Phi) is 6.97. The third-order valence-electron chi connectivity index (χ3n) is 4.12. The molecule has 0 aromatic heterocycles. The number of hydrogen-bond donors (Lipinski definition) is 2. The number of amides is 1. The van der Waals surface area contributed by atoms with Crippen LogP contribution in [0.15, 0.2) is 0 Å². The summed E-state index contributed by atoms with van der Waals surface area (Å²) >= 11 is 0. The normalized spacial score (nSPS) is 29.4. The summed E-state index contributed by atoms with van der Waals surface area (Å²) in [5, 5.41) is 3.17. The van der Waals surface area contributed by atoms with Gasteiger partial charge in [0, 0.05) is 25.2 Å². The number of nitrogens with one attached hydrogen (secondary N) is 1. The molecular formula is C13H25ClN2O2. The first-order valence-electron chi connectivity index (χ1n) is 6.87. The van der Waals surface area contributed by atoms with Gasteiger partial charge in [-0.3, -0.25) is 4.79 Å². The fraction of sp³-hybridized carbons (Fsp3) is 0.923. The van der Waals surface area contributed by atoms with Gasteiger partial charge in [0.25, 0.3) is 0 Å². The van der Waals surface area contributed by atoms with Crippen LogP contribution in [0.2, 0.25) is 0 Å². The first kappa shape index (κ1) is 15.7. The molecule has 0 atom stereocenters. The van der Waals surface area contributed by atoms with E-state index >= 15 is 0 Å². The minimum Gasteiger partial charge on any atom is -0.381 e. The summed E-state index contributed by atoms with van der Waals surface area (Å²) in [5.41, 5.74) is 5.66. The van der Waals surface area contributed by atoms with Crippen LogP contribution in [-0.2, 0) is 9.53 Å². The van der Waals surface area contributed by atoms with E-state index < -0.39 is 0 Å². The zero-order chi connectivity index (χ0) is 12.1. The lowest BCUT2D eigenvalue weighted by molar-refractivity contribution is -0.127. The van der Waals surface area contributed by atoms with Crippen molar-refractivity contribution in [3.05, 3.63) is 0 Å². The Labute approximate surface area is 115 Å². The smallest absolute Gasteiger partial charge is 0.223 e. The molecule has 2 aliphatic rings. The van der Waals surface area contributed by atoms with E-state index in [2.05, 4.69) is 5.32 Å². The standard InChI is InChI=1S/C13H24N2O2.ClH/c14-9-10-1-3-11(4-2-10)13(16)15-12-5-7-17-8-6-12;/h10-12H,1-9,14H2,(H,15,16);1H. The Bertz CT molecular complexity index is 249. The molecular weight excluding hydrogens is 252 g/mol. The summed E-state index contributed by atoms with van der Waals surface area (Å²) in [5.74, 6) is 1.12. The highest BCUT2D eigenvalue weighted by Gasteiger charge is 2.27. The minimum atomic E-state index is 0. The molecule has 5 heteroatoms. The number of carbonyl (C=O) groups is 1. The average molecular weight is 277 g/mol. The molecule has 106 valence electrons. The number of nitrogens with two attached hydrogens (primary N) is 1. The van der Waals surface area contributed by atoms with E-state index in [1.54, 1.807) is 0 Å². The van der Waals surface area contributed by atoms with Crippen LogP contribution in [0.3, 0.4) is 0 Å². The molecule has 3 N–H and O–H groups in total. The Hall–Kier alpha value is -0.320. The Morgan fingerprint density at radius 3 is 2.28 bits per heavy atom.